The highest BCUT2D eigenvalue weighted by atomic mass is 35.5. The Morgan fingerprint density at radius 3 is 2.94 bits per heavy atom. The van der Waals surface area contributed by atoms with Crippen LogP contribution in [0.4, 0.5) is 5.69 Å². The number of rotatable bonds is 3. The second-order valence-electron chi connectivity index (χ2n) is 3.21. The van der Waals surface area contributed by atoms with E-state index in [0.717, 1.165) is 4.90 Å². The second kappa shape index (κ2) is 4.76. The topological polar surface area (TPSA) is 64.9 Å². The SMILES string of the molecule is Cc1nc(CSc2ccc(N)cc2Cl)no1. The number of hydrogen-bond donors (Lipinski definition) is 1. The van der Waals surface area contributed by atoms with Gasteiger partial charge in [-0.2, -0.15) is 4.98 Å². The van der Waals surface area contributed by atoms with Gasteiger partial charge in [-0.05, 0) is 18.2 Å². The summed E-state index contributed by atoms with van der Waals surface area (Å²) in [6.07, 6.45) is 0. The number of halogens is 1. The Balaban J connectivity index is 2.04. The molecule has 2 rings (SSSR count). The van der Waals surface area contributed by atoms with Crippen molar-refractivity contribution in [3.05, 3.63) is 34.9 Å². The van der Waals surface area contributed by atoms with Crippen molar-refractivity contribution in [2.45, 2.75) is 17.6 Å². The predicted molar refractivity (Wildman–Crippen MR) is 64.5 cm³/mol. The molecular weight excluding hydrogens is 246 g/mol. The van der Waals surface area contributed by atoms with Crippen molar-refractivity contribution >= 4 is 29.1 Å². The zero-order chi connectivity index (χ0) is 11.5. The molecule has 0 atom stereocenters. The van der Waals surface area contributed by atoms with Gasteiger partial charge in [-0.1, -0.05) is 16.8 Å². The fourth-order valence-corrected chi connectivity index (χ4v) is 2.29. The molecule has 0 bridgehead atoms. The fraction of sp³-hybridized carbons (Fsp3) is 0.200. The third kappa shape index (κ3) is 2.68. The van der Waals surface area contributed by atoms with E-state index in [1.165, 1.54) is 0 Å². The molecule has 1 heterocycles. The number of nitrogen functional groups attached to an aromatic ring is 1. The van der Waals surface area contributed by atoms with E-state index >= 15 is 0 Å². The highest BCUT2D eigenvalue weighted by Crippen LogP contribution is 2.30. The van der Waals surface area contributed by atoms with Crippen LogP contribution in [0.3, 0.4) is 0 Å². The van der Waals surface area contributed by atoms with Crippen LogP contribution in [0.25, 0.3) is 0 Å². The lowest BCUT2D eigenvalue weighted by molar-refractivity contribution is 0.389. The minimum atomic E-state index is 0.569. The second-order valence-corrected chi connectivity index (χ2v) is 4.63. The first kappa shape index (κ1) is 11.3. The molecule has 0 spiro atoms. The van der Waals surface area contributed by atoms with Gasteiger partial charge in [0, 0.05) is 17.5 Å². The lowest BCUT2D eigenvalue weighted by Gasteiger charge is -2.02. The zero-order valence-electron chi connectivity index (χ0n) is 8.61. The van der Waals surface area contributed by atoms with Crippen LogP contribution in [0, 0.1) is 6.92 Å². The van der Waals surface area contributed by atoms with Crippen molar-refractivity contribution < 1.29 is 4.52 Å². The number of aromatic nitrogens is 2. The number of nitrogens with two attached hydrogens (primary N) is 1. The van der Waals surface area contributed by atoms with Gasteiger partial charge in [0.25, 0.3) is 0 Å². The van der Waals surface area contributed by atoms with Gasteiger partial charge in [0.15, 0.2) is 5.82 Å². The molecule has 1 aromatic heterocycles. The minimum Gasteiger partial charge on any atom is -0.399 e. The number of nitrogens with zero attached hydrogens (tertiary/aromatic N) is 2. The normalized spacial score (nSPS) is 10.6. The van der Waals surface area contributed by atoms with E-state index in [9.17, 15) is 0 Å². The summed E-state index contributed by atoms with van der Waals surface area (Å²) in [5, 5.41) is 4.45. The molecule has 16 heavy (non-hydrogen) atoms. The summed E-state index contributed by atoms with van der Waals surface area (Å²) in [5.41, 5.74) is 6.26. The van der Waals surface area contributed by atoms with Gasteiger partial charge in [0.1, 0.15) is 0 Å². The van der Waals surface area contributed by atoms with Crippen LogP contribution < -0.4 is 5.73 Å². The van der Waals surface area contributed by atoms with Crippen molar-refractivity contribution in [2.24, 2.45) is 0 Å². The number of benzene rings is 1. The Hall–Kier alpha value is -1.20. The summed E-state index contributed by atoms with van der Waals surface area (Å²) >= 11 is 7.59. The van der Waals surface area contributed by atoms with E-state index in [1.807, 2.05) is 12.1 Å². The molecule has 0 aliphatic heterocycles. The van der Waals surface area contributed by atoms with Crippen molar-refractivity contribution in [2.75, 3.05) is 5.73 Å². The Labute approximate surface area is 102 Å². The third-order valence-electron chi connectivity index (χ3n) is 1.88. The zero-order valence-corrected chi connectivity index (χ0v) is 10.2. The molecule has 0 radical (unpaired) electrons. The average molecular weight is 256 g/mol. The predicted octanol–water partition coefficient (Wildman–Crippen LogP) is 2.91. The first-order valence-electron chi connectivity index (χ1n) is 4.62. The van der Waals surface area contributed by atoms with Gasteiger partial charge in [0.05, 0.1) is 10.8 Å². The maximum absolute atomic E-state index is 6.04. The van der Waals surface area contributed by atoms with Gasteiger partial charge in [-0.25, -0.2) is 0 Å². The van der Waals surface area contributed by atoms with Gasteiger partial charge in [0.2, 0.25) is 5.89 Å². The number of aryl methyl sites for hydroxylation is 1. The van der Waals surface area contributed by atoms with Crippen molar-refractivity contribution in [3.63, 3.8) is 0 Å². The summed E-state index contributed by atoms with van der Waals surface area (Å²) in [5.74, 6) is 1.86. The van der Waals surface area contributed by atoms with Crippen LogP contribution in [0.2, 0.25) is 5.02 Å². The maximum Gasteiger partial charge on any atom is 0.223 e. The monoisotopic (exact) mass is 255 g/mol. The molecule has 1 aromatic carbocycles. The lowest BCUT2D eigenvalue weighted by atomic mass is 10.3. The number of anilines is 1. The van der Waals surface area contributed by atoms with Crippen molar-refractivity contribution in [1.82, 2.24) is 10.1 Å². The van der Waals surface area contributed by atoms with Gasteiger partial charge in [-0.15, -0.1) is 11.8 Å². The highest BCUT2D eigenvalue weighted by molar-refractivity contribution is 7.98. The minimum absolute atomic E-state index is 0.569. The first-order chi connectivity index (χ1) is 7.65. The quantitative estimate of drug-likeness (QED) is 0.675. The third-order valence-corrected chi connectivity index (χ3v) is 3.38. The molecule has 0 fully saturated rings. The molecule has 0 unspecified atom stereocenters. The smallest absolute Gasteiger partial charge is 0.223 e. The van der Waals surface area contributed by atoms with E-state index in [2.05, 4.69) is 10.1 Å². The summed E-state index contributed by atoms with van der Waals surface area (Å²) in [4.78, 5) is 5.06. The molecule has 0 amide bonds. The molecular formula is C10H10ClN3OS. The largest absolute Gasteiger partial charge is 0.399 e. The van der Waals surface area contributed by atoms with E-state index in [0.29, 0.717) is 28.2 Å². The molecule has 0 aliphatic rings. The molecule has 2 N–H and O–H groups in total. The van der Waals surface area contributed by atoms with Gasteiger partial charge >= 0.3 is 0 Å². The Kier molecular flexibility index (Phi) is 3.36. The van der Waals surface area contributed by atoms with Crippen LogP contribution in [0.1, 0.15) is 11.7 Å². The van der Waals surface area contributed by atoms with E-state index in [1.54, 1.807) is 24.8 Å². The maximum atomic E-state index is 6.04. The van der Waals surface area contributed by atoms with Gasteiger partial charge < -0.3 is 10.3 Å². The molecule has 0 saturated heterocycles. The highest BCUT2D eigenvalue weighted by Gasteiger charge is 2.06. The summed E-state index contributed by atoms with van der Waals surface area (Å²) < 4.78 is 4.87. The first-order valence-corrected chi connectivity index (χ1v) is 5.98. The van der Waals surface area contributed by atoms with Crippen LogP contribution in [-0.2, 0) is 5.75 Å². The Bertz CT molecular complexity index is 501. The van der Waals surface area contributed by atoms with E-state index < -0.39 is 0 Å². The standard InChI is InChI=1S/C10H10ClN3OS/c1-6-13-10(14-15-6)5-16-9-3-2-7(12)4-8(9)11/h2-4H,5,12H2,1H3. The van der Waals surface area contributed by atoms with Crippen LogP contribution in [0.15, 0.2) is 27.6 Å². The summed E-state index contributed by atoms with van der Waals surface area (Å²) in [6.45, 7) is 1.76. The van der Waals surface area contributed by atoms with Gasteiger partial charge in [-0.3, -0.25) is 0 Å². The molecule has 84 valence electrons. The Morgan fingerprint density at radius 1 is 1.50 bits per heavy atom. The number of thioether (sulfide) groups is 1. The molecule has 0 saturated carbocycles. The van der Waals surface area contributed by atoms with Crippen LogP contribution in [0.5, 0.6) is 0 Å². The number of hydrogen-bond acceptors (Lipinski definition) is 5. The van der Waals surface area contributed by atoms with E-state index in [4.69, 9.17) is 21.9 Å². The van der Waals surface area contributed by atoms with Crippen LogP contribution in [-0.4, -0.2) is 10.1 Å². The molecule has 2 aromatic rings. The van der Waals surface area contributed by atoms with Crippen molar-refractivity contribution in [1.29, 1.82) is 0 Å². The molecule has 4 nitrogen and oxygen atoms in total. The van der Waals surface area contributed by atoms with E-state index in [-0.39, 0.29) is 0 Å². The van der Waals surface area contributed by atoms with Crippen molar-refractivity contribution in [3.8, 4) is 0 Å². The average Bonchev–Trinajstić information content (AvgIpc) is 2.63. The van der Waals surface area contributed by atoms with Crippen LogP contribution >= 0.6 is 23.4 Å². The Morgan fingerprint density at radius 2 is 2.31 bits per heavy atom. The molecule has 0 aliphatic carbocycles. The summed E-state index contributed by atoms with van der Waals surface area (Å²) in [7, 11) is 0. The summed E-state index contributed by atoms with van der Waals surface area (Å²) in [6, 6.07) is 5.43. The fourth-order valence-electron chi connectivity index (χ4n) is 1.18. The molecule has 6 heteroatoms. The lowest BCUT2D eigenvalue weighted by Crippen LogP contribution is -1.87.